The number of nitriles is 2. The first-order valence-corrected chi connectivity index (χ1v) is 8.61. The summed E-state index contributed by atoms with van der Waals surface area (Å²) in [6.07, 6.45) is 0. The zero-order valence-electron chi connectivity index (χ0n) is 15.5. The van der Waals surface area contributed by atoms with Crippen molar-refractivity contribution in [3.63, 3.8) is 0 Å². The van der Waals surface area contributed by atoms with Gasteiger partial charge in [-0.3, -0.25) is 0 Å². The molecule has 128 valence electrons. The maximum Gasteiger partial charge on any atom is 0.0975 e. The van der Waals surface area contributed by atoms with Crippen LogP contribution in [0, 0.1) is 29.6 Å². The van der Waals surface area contributed by atoms with Crippen LogP contribution in [0.25, 0.3) is 11.1 Å². The van der Waals surface area contributed by atoms with Crippen LogP contribution in [0.2, 0.25) is 0 Å². The van der Waals surface area contributed by atoms with Gasteiger partial charge >= 0.3 is 0 Å². The molecule has 3 heteroatoms. The molecular formula is C23H21N3. The smallest absolute Gasteiger partial charge is 0.0975 e. The molecule has 0 N–H and O–H groups in total. The van der Waals surface area contributed by atoms with Gasteiger partial charge in [-0.25, -0.2) is 0 Å². The quantitative estimate of drug-likeness (QED) is 0.747. The maximum absolute atomic E-state index is 9.84. The first-order chi connectivity index (χ1) is 12.5. The average Bonchev–Trinajstić information content (AvgIpc) is 2.66. The fourth-order valence-electron chi connectivity index (χ4n) is 3.52. The van der Waals surface area contributed by atoms with E-state index in [4.69, 9.17) is 0 Å². The van der Waals surface area contributed by atoms with E-state index in [1.807, 2.05) is 44.0 Å². The highest BCUT2D eigenvalue weighted by molar-refractivity contribution is 5.72. The molecular weight excluding hydrogens is 318 g/mol. The molecule has 0 saturated heterocycles. The number of allylic oxidation sites excluding steroid dienone is 4. The summed E-state index contributed by atoms with van der Waals surface area (Å²) in [5.41, 5.74) is 7.41. The lowest BCUT2D eigenvalue weighted by molar-refractivity contribution is 0.490. The van der Waals surface area contributed by atoms with Gasteiger partial charge in [-0.1, -0.05) is 54.1 Å². The van der Waals surface area contributed by atoms with Crippen LogP contribution in [-0.2, 0) is 0 Å². The molecule has 0 amide bonds. The van der Waals surface area contributed by atoms with Crippen LogP contribution in [-0.4, -0.2) is 11.9 Å². The van der Waals surface area contributed by atoms with Crippen molar-refractivity contribution in [1.82, 2.24) is 4.90 Å². The third kappa shape index (κ3) is 2.79. The molecule has 0 spiro atoms. The summed E-state index contributed by atoms with van der Waals surface area (Å²) in [5.74, 6) is -0.335. The average molecular weight is 339 g/mol. The number of hydrogen-bond donors (Lipinski definition) is 0. The van der Waals surface area contributed by atoms with Gasteiger partial charge in [0.05, 0.1) is 29.2 Å². The minimum atomic E-state index is -0.335. The zero-order valence-corrected chi connectivity index (χ0v) is 15.5. The van der Waals surface area contributed by atoms with Crippen LogP contribution in [0.5, 0.6) is 0 Å². The summed E-state index contributed by atoms with van der Waals surface area (Å²) in [4.78, 5) is 1.93. The topological polar surface area (TPSA) is 50.8 Å². The van der Waals surface area contributed by atoms with E-state index in [1.54, 1.807) is 0 Å². The van der Waals surface area contributed by atoms with Crippen LogP contribution in [0.15, 0.2) is 71.1 Å². The molecule has 3 nitrogen and oxygen atoms in total. The van der Waals surface area contributed by atoms with Crippen LogP contribution in [0.4, 0.5) is 0 Å². The molecule has 2 aromatic rings. The summed E-state index contributed by atoms with van der Waals surface area (Å²) < 4.78 is 0. The molecule has 0 saturated carbocycles. The zero-order chi connectivity index (χ0) is 18.8. The molecule has 1 aliphatic rings. The van der Waals surface area contributed by atoms with Crippen molar-refractivity contribution in [1.29, 1.82) is 10.5 Å². The highest BCUT2D eigenvalue weighted by atomic mass is 15.1. The molecule has 0 atom stereocenters. The first-order valence-electron chi connectivity index (χ1n) is 8.61. The standard InChI is InChI=1S/C23H21N3/c1-15-9-11-18(12-10-15)19-7-5-6-8-20(19)23-21(13-24)16(2)26(4)17(3)22(23)14-25/h5-12,23H,1-4H3. The number of nitrogens with zero attached hydrogens (tertiary/aromatic N) is 3. The largest absolute Gasteiger partial charge is 0.350 e. The van der Waals surface area contributed by atoms with Gasteiger partial charge in [-0.05, 0) is 37.5 Å². The third-order valence-electron chi connectivity index (χ3n) is 5.24. The minimum absolute atomic E-state index is 0.335. The number of aryl methyl sites for hydroxylation is 1. The van der Waals surface area contributed by atoms with Crippen LogP contribution in [0.3, 0.4) is 0 Å². The number of hydrogen-bond acceptors (Lipinski definition) is 3. The summed E-state index contributed by atoms with van der Waals surface area (Å²) in [6.45, 7) is 5.95. The Balaban J connectivity index is 2.27. The van der Waals surface area contributed by atoms with Crippen LogP contribution in [0.1, 0.15) is 30.9 Å². The molecule has 26 heavy (non-hydrogen) atoms. The summed E-state index contributed by atoms with van der Waals surface area (Å²) in [6, 6.07) is 21.1. The number of benzene rings is 2. The normalized spacial score (nSPS) is 15.1. The Hall–Kier alpha value is -3.30. The van der Waals surface area contributed by atoms with Gasteiger partial charge in [-0.15, -0.1) is 0 Å². The van der Waals surface area contributed by atoms with Crippen molar-refractivity contribution in [2.45, 2.75) is 26.7 Å². The third-order valence-corrected chi connectivity index (χ3v) is 5.24. The van der Waals surface area contributed by atoms with Crippen molar-refractivity contribution in [3.05, 3.63) is 82.2 Å². The molecule has 0 radical (unpaired) electrons. The second kappa shape index (κ2) is 6.90. The maximum atomic E-state index is 9.84. The van der Waals surface area contributed by atoms with Crippen molar-refractivity contribution in [3.8, 4) is 23.3 Å². The molecule has 0 aliphatic carbocycles. The molecule has 1 aliphatic heterocycles. The van der Waals surface area contributed by atoms with Crippen molar-refractivity contribution in [2.75, 3.05) is 7.05 Å². The van der Waals surface area contributed by atoms with E-state index in [0.717, 1.165) is 28.1 Å². The lowest BCUT2D eigenvalue weighted by atomic mass is 9.78. The van der Waals surface area contributed by atoms with Gasteiger partial charge in [0, 0.05) is 18.4 Å². The molecule has 2 aromatic carbocycles. The summed E-state index contributed by atoms with van der Waals surface area (Å²) in [5, 5.41) is 19.7. The van der Waals surface area contributed by atoms with Gasteiger partial charge in [0.2, 0.25) is 0 Å². The Labute approximate surface area is 155 Å². The van der Waals surface area contributed by atoms with Gasteiger partial charge in [0.1, 0.15) is 0 Å². The van der Waals surface area contributed by atoms with E-state index in [9.17, 15) is 10.5 Å². The van der Waals surface area contributed by atoms with Crippen LogP contribution < -0.4 is 0 Å². The second-order valence-corrected chi connectivity index (χ2v) is 6.67. The minimum Gasteiger partial charge on any atom is -0.350 e. The highest BCUT2D eigenvalue weighted by Gasteiger charge is 2.33. The Morgan fingerprint density at radius 1 is 0.808 bits per heavy atom. The molecule has 0 aromatic heterocycles. The van der Waals surface area contributed by atoms with E-state index in [1.165, 1.54) is 5.56 Å². The van der Waals surface area contributed by atoms with Gasteiger partial charge in [0.25, 0.3) is 0 Å². The molecule has 0 fully saturated rings. The van der Waals surface area contributed by atoms with E-state index in [0.29, 0.717) is 11.1 Å². The van der Waals surface area contributed by atoms with Crippen molar-refractivity contribution in [2.24, 2.45) is 0 Å². The Kier molecular flexibility index (Phi) is 4.65. The lowest BCUT2D eigenvalue weighted by Crippen LogP contribution is -2.26. The predicted octanol–water partition coefficient (Wildman–Crippen LogP) is 5.29. The van der Waals surface area contributed by atoms with E-state index >= 15 is 0 Å². The van der Waals surface area contributed by atoms with Gasteiger partial charge in [-0.2, -0.15) is 10.5 Å². The highest BCUT2D eigenvalue weighted by Crippen LogP contribution is 2.43. The SMILES string of the molecule is CC1=C(C#N)C(c2ccccc2-c2ccc(C)cc2)C(C#N)=C(C)N1C. The summed E-state index contributed by atoms with van der Waals surface area (Å²) in [7, 11) is 1.90. The fourth-order valence-corrected chi connectivity index (χ4v) is 3.52. The van der Waals surface area contributed by atoms with Gasteiger partial charge in [0.15, 0.2) is 0 Å². The predicted molar refractivity (Wildman–Crippen MR) is 104 cm³/mol. The van der Waals surface area contributed by atoms with Crippen molar-refractivity contribution < 1.29 is 0 Å². The first kappa shape index (κ1) is 17.5. The molecule has 1 heterocycles. The second-order valence-electron chi connectivity index (χ2n) is 6.67. The summed E-state index contributed by atoms with van der Waals surface area (Å²) >= 11 is 0. The number of rotatable bonds is 2. The fraction of sp³-hybridized carbons (Fsp3) is 0.217. The Morgan fingerprint density at radius 2 is 1.35 bits per heavy atom. The Bertz CT molecular complexity index is 957. The molecule has 0 unspecified atom stereocenters. The monoisotopic (exact) mass is 339 g/mol. The Morgan fingerprint density at radius 3 is 1.88 bits per heavy atom. The van der Waals surface area contributed by atoms with Crippen molar-refractivity contribution >= 4 is 0 Å². The molecule has 0 bridgehead atoms. The van der Waals surface area contributed by atoms with E-state index in [-0.39, 0.29) is 5.92 Å². The van der Waals surface area contributed by atoms with E-state index in [2.05, 4.69) is 49.4 Å². The van der Waals surface area contributed by atoms with Crippen LogP contribution >= 0.6 is 0 Å². The van der Waals surface area contributed by atoms with Gasteiger partial charge < -0.3 is 4.90 Å². The van der Waals surface area contributed by atoms with E-state index < -0.39 is 0 Å². The lowest BCUT2D eigenvalue weighted by Gasteiger charge is -2.33. The molecule has 3 rings (SSSR count).